The third-order valence-electron chi connectivity index (χ3n) is 14.7. The molecule has 0 bridgehead atoms. The summed E-state index contributed by atoms with van der Waals surface area (Å²) in [4.78, 5) is 0. The minimum Gasteiger partial charge on any atom is -0.0622 e. The lowest BCUT2D eigenvalue weighted by Crippen LogP contribution is -2.30. The fourth-order valence-corrected chi connectivity index (χ4v) is 12.3. The van der Waals surface area contributed by atoms with Gasteiger partial charge in [0.1, 0.15) is 0 Å². The predicted octanol–water partition coefficient (Wildman–Crippen LogP) is 15.6. The summed E-state index contributed by atoms with van der Waals surface area (Å²) >= 11 is 0. The van der Waals surface area contributed by atoms with Crippen LogP contribution >= 0.6 is 0 Å². The first kappa shape index (κ1) is 34.0. The fraction of sp³-hybridized carbons (Fsp3) is 0.0323. The van der Waals surface area contributed by atoms with Crippen LogP contribution in [0.4, 0.5) is 0 Å². The van der Waals surface area contributed by atoms with Crippen molar-refractivity contribution in [2.24, 2.45) is 0 Å². The van der Waals surface area contributed by atoms with Gasteiger partial charge in [-0.05, 0) is 139 Å². The minimum atomic E-state index is -0.588. The Morgan fingerprint density at radius 1 is 0.226 bits per heavy atom. The maximum Gasteiger partial charge on any atom is 0.0714 e. The van der Waals surface area contributed by atoms with E-state index in [4.69, 9.17) is 0 Å². The molecule has 0 aromatic heterocycles. The molecule has 0 unspecified atom stereocenters. The molecule has 0 N–H and O–H groups in total. The van der Waals surface area contributed by atoms with Crippen LogP contribution in [0.2, 0.25) is 0 Å². The molecule has 12 aromatic rings. The molecule has 0 atom stereocenters. The molecule has 0 saturated heterocycles. The average Bonchev–Trinajstić information content (AvgIpc) is 3.81. The molecule has 12 aromatic carbocycles. The third-order valence-corrected chi connectivity index (χ3v) is 14.7. The summed E-state index contributed by atoms with van der Waals surface area (Å²) in [6, 6.07) is 87.6. The van der Waals surface area contributed by atoms with Crippen LogP contribution in [-0.4, -0.2) is 0 Å². The Balaban J connectivity index is 1.23. The second-order valence-corrected chi connectivity index (χ2v) is 17.4. The largest absolute Gasteiger partial charge is 0.0714 e. The molecule has 0 saturated carbocycles. The van der Waals surface area contributed by atoms with Crippen LogP contribution in [0.3, 0.4) is 0 Å². The molecule has 62 heavy (non-hydrogen) atoms. The Kier molecular flexibility index (Phi) is 6.78. The second-order valence-electron chi connectivity index (χ2n) is 17.4. The number of rotatable bonds is 4. The van der Waals surface area contributed by atoms with Gasteiger partial charge in [-0.1, -0.05) is 212 Å². The highest BCUT2D eigenvalue weighted by Gasteiger charge is 2.52. The molecular weight excluding hydrogens is 745 g/mol. The summed E-state index contributed by atoms with van der Waals surface area (Å²) in [6.45, 7) is 0. The van der Waals surface area contributed by atoms with Gasteiger partial charge < -0.3 is 0 Å². The van der Waals surface area contributed by atoms with Gasteiger partial charge in [0.2, 0.25) is 0 Å². The van der Waals surface area contributed by atoms with Crippen molar-refractivity contribution in [3.63, 3.8) is 0 Å². The van der Waals surface area contributed by atoms with Gasteiger partial charge >= 0.3 is 0 Å². The summed E-state index contributed by atoms with van der Waals surface area (Å²) in [5.74, 6) is 0. The topological polar surface area (TPSA) is 0 Å². The van der Waals surface area contributed by atoms with Gasteiger partial charge in [0.05, 0.1) is 10.8 Å². The SMILES string of the molecule is c1ccc(C2(c3ccccc3)c3cc4c(cc3-c3c2ccc2c3ccc3ccccc32)C(c2ccccc2)(c2ccccc2)c2cc3ccc5cccc6ccc(c2-4)c3c56)cc1. The van der Waals surface area contributed by atoms with Crippen LogP contribution in [0.25, 0.3) is 76.1 Å². The van der Waals surface area contributed by atoms with Gasteiger partial charge in [-0.3, -0.25) is 0 Å². The highest BCUT2D eigenvalue weighted by atomic mass is 14.5. The standard InChI is InChI=1S/C62H38/c1-5-19-43(20-6-1)61(44-21-7-2-8-22-44)53-35-34-48-47-27-14-13-16-39(47)30-32-49(48)59(53)51-37-55-52(38-54(51)61)60-50-33-31-41-18-15-17-40-28-29-42(58(50)57(40)41)36-56(60)62(55,45-23-9-3-10-24-45)46-25-11-4-12-26-46/h1-38H. The third kappa shape index (κ3) is 4.17. The molecule has 0 spiro atoms. The van der Waals surface area contributed by atoms with Crippen LogP contribution in [0.1, 0.15) is 44.5 Å². The summed E-state index contributed by atoms with van der Waals surface area (Å²) in [6.07, 6.45) is 0. The zero-order valence-corrected chi connectivity index (χ0v) is 33.9. The molecule has 0 amide bonds. The Labute approximate surface area is 360 Å². The van der Waals surface area contributed by atoms with Crippen LogP contribution in [-0.2, 0) is 10.8 Å². The molecule has 0 nitrogen and oxygen atoms in total. The molecule has 2 aliphatic rings. The first-order chi connectivity index (χ1) is 30.8. The zero-order chi connectivity index (χ0) is 40.6. The lowest BCUT2D eigenvalue weighted by Gasteiger charge is -2.35. The average molecular weight is 783 g/mol. The van der Waals surface area contributed by atoms with E-state index in [0.29, 0.717) is 0 Å². The number of hydrogen-bond donors (Lipinski definition) is 0. The monoisotopic (exact) mass is 782 g/mol. The van der Waals surface area contributed by atoms with Crippen molar-refractivity contribution < 1.29 is 0 Å². The van der Waals surface area contributed by atoms with Crippen molar-refractivity contribution in [2.75, 3.05) is 0 Å². The van der Waals surface area contributed by atoms with E-state index >= 15 is 0 Å². The fourth-order valence-electron chi connectivity index (χ4n) is 12.3. The molecule has 0 fully saturated rings. The van der Waals surface area contributed by atoms with E-state index in [9.17, 15) is 0 Å². The van der Waals surface area contributed by atoms with Crippen molar-refractivity contribution in [1.82, 2.24) is 0 Å². The van der Waals surface area contributed by atoms with Gasteiger partial charge in [-0.2, -0.15) is 0 Å². The van der Waals surface area contributed by atoms with Gasteiger partial charge in [0.25, 0.3) is 0 Å². The summed E-state index contributed by atoms with van der Waals surface area (Å²) in [5.41, 5.74) is 14.6. The molecule has 0 aliphatic heterocycles. The maximum atomic E-state index is 2.64. The van der Waals surface area contributed by atoms with E-state index in [1.165, 1.54) is 121 Å². The molecular formula is C62H38. The Bertz CT molecular complexity index is 3670. The van der Waals surface area contributed by atoms with Gasteiger partial charge in [-0.15, -0.1) is 0 Å². The van der Waals surface area contributed by atoms with Crippen LogP contribution < -0.4 is 0 Å². The molecule has 0 radical (unpaired) electrons. The molecule has 286 valence electrons. The van der Waals surface area contributed by atoms with E-state index in [-0.39, 0.29) is 0 Å². The van der Waals surface area contributed by atoms with Gasteiger partial charge in [0, 0.05) is 0 Å². The van der Waals surface area contributed by atoms with Gasteiger partial charge in [0.15, 0.2) is 0 Å². The Hall–Kier alpha value is -7.80. The first-order valence-electron chi connectivity index (χ1n) is 21.8. The number of fused-ring (bicyclic) bond motifs is 11. The van der Waals surface area contributed by atoms with Crippen molar-refractivity contribution in [1.29, 1.82) is 0 Å². The van der Waals surface area contributed by atoms with Crippen molar-refractivity contribution in [3.8, 4) is 22.3 Å². The van der Waals surface area contributed by atoms with E-state index in [0.717, 1.165) is 0 Å². The Morgan fingerprint density at radius 3 is 1.26 bits per heavy atom. The van der Waals surface area contributed by atoms with Crippen molar-refractivity contribution in [2.45, 2.75) is 10.8 Å². The maximum absolute atomic E-state index is 2.64. The van der Waals surface area contributed by atoms with E-state index in [1.807, 2.05) is 0 Å². The van der Waals surface area contributed by atoms with E-state index in [1.54, 1.807) is 0 Å². The molecule has 0 heteroatoms. The van der Waals surface area contributed by atoms with Gasteiger partial charge in [-0.25, -0.2) is 0 Å². The number of benzene rings is 12. The van der Waals surface area contributed by atoms with Crippen LogP contribution in [0.15, 0.2) is 231 Å². The quantitative estimate of drug-likeness (QED) is 0.156. The predicted molar refractivity (Wildman–Crippen MR) is 260 cm³/mol. The lowest BCUT2D eigenvalue weighted by molar-refractivity contribution is 0.759. The minimum absolute atomic E-state index is 0.573. The summed E-state index contributed by atoms with van der Waals surface area (Å²) in [5, 5.41) is 13.0. The van der Waals surface area contributed by atoms with E-state index < -0.39 is 10.8 Å². The number of hydrogen-bond acceptors (Lipinski definition) is 0. The second kappa shape index (κ2) is 12.4. The lowest BCUT2D eigenvalue weighted by atomic mass is 9.66. The smallest absolute Gasteiger partial charge is 0.0622 e. The molecule has 14 rings (SSSR count). The Morgan fingerprint density at radius 2 is 0.661 bits per heavy atom. The summed E-state index contributed by atoms with van der Waals surface area (Å²) < 4.78 is 0. The van der Waals surface area contributed by atoms with Crippen LogP contribution in [0, 0.1) is 0 Å². The molecule has 0 heterocycles. The first-order valence-corrected chi connectivity index (χ1v) is 21.8. The van der Waals surface area contributed by atoms with Crippen molar-refractivity contribution in [3.05, 3.63) is 275 Å². The normalized spacial score (nSPS) is 14.4. The van der Waals surface area contributed by atoms with Crippen molar-refractivity contribution >= 4 is 53.9 Å². The zero-order valence-electron chi connectivity index (χ0n) is 33.9. The van der Waals surface area contributed by atoms with Crippen LogP contribution in [0.5, 0.6) is 0 Å². The molecule has 2 aliphatic carbocycles. The highest BCUT2D eigenvalue weighted by molar-refractivity contribution is 6.27. The summed E-state index contributed by atoms with van der Waals surface area (Å²) in [7, 11) is 0. The van der Waals surface area contributed by atoms with E-state index in [2.05, 4.69) is 231 Å². The highest BCUT2D eigenvalue weighted by Crippen LogP contribution is 2.65.